The van der Waals surface area contributed by atoms with Gasteiger partial charge in [0, 0.05) is 12.0 Å². The summed E-state index contributed by atoms with van der Waals surface area (Å²) in [6.45, 7) is 5.46. The molecule has 0 aromatic heterocycles. The van der Waals surface area contributed by atoms with Gasteiger partial charge in [-0.25, -0.2) is 4.39 Å². The van der Waals surface area contributed by atoms with Gasteiger partial charge in [0.05, 0.1) is 25.8 Å². The van der Waals surface area contributed by atoms with Crippen LogP contribution in [0.1, 0.15) is 37.9 Å². The van der Waals surface area contributed by atoms with Crippen LogP contribution in [0.4, 0.5) is 4.39 Å². The maximum Gasteiger partial charge on any atom is 0.290 e. The minimum absolute atomic E-state index is 0.0637. The van der Waals surface area contributed by atoms with Crippen LogP contribution in [0.15, 0.2) is 53.8 Å². The lowest BCUT2D eigenvalue weighted by Crippen LogP contribution is -2.34. The number of carbonyl (C=O) groups excluding carboxylic acids is 2. The fraction of sp³-hybridized carbons (Fsp3) is 0.360. The number of Topliss-reactive ketones (excluding diaryl/α,β-unsaturated/α-hetero) is 1. The third-order valence-electron chi connectivity index (χ3n) is 5.51. The van der Waals surface area contributed by atoms with Gasteiger partial charge in [0.2, 0.25) is 0 Å². The molecule has 1 unspecified atom stereocenters. The van der Waals surface area contributed by atoms with Crippen molar-refractivity contribution < 1.29 is 28.6 Å². The molecule has 6 nitrogen and oxygen atoms in total. The summed E-state index contributed by atoms with van der Waals surface area (Å²) in [5.41, 5.74) is 0.715. The summed E-state index contributed by atoms with van der Waals surface area (Å²) in [6, 6.07) is 10.4. The third kappa shape index (κ3) is 4.47. The van der Waals surface area contributed by atoms with Gasteiger partial charge < -0.3 is 19.5 Å². The summed E-state index contributed by atoms with van der Waals surface area (Å²) < 4.78 is 23.9. The van der Waals surface area contributed by atoms with Crippen molar-refractivity contribution in [1.29, 1.82) is 0 Å². The highest BCUT2D eigenvalue weighted by molar-refractivity contribution is 6.10. The van der Waals surface area contributed by atoms with Gasteiger partial charge in [0.1, 0.15) is 5.82 Å². The van der Waals surface area contributed by atoms with E-state index < -0.39 is 23.1 Å². The Morgan fingerprint density at radius 2 is 1.69 bits per heavy atom. The van der Waals surface area contributed by atoms with Crippen molar-refractivity contribution in [3.63, 3.8) is 0 Å². The molecule has 170 valence electrons. The summed E-state index contributed by atoms with van der Waals surface area (Å²) in [5, 5.41) is 10.7. The van der Waals surface area contributed by atoms with E-state index in [2.05, 4.69) is 0 Å². The molecule has 0 radical (unpaired) electrons. The minimum atomic E-state index is -0.800. The van der Waals surface area contributed by atoms with Gasteiger partial charge in [-0.1, -0.05) is 39.0 Å². The van der Waals surface area contributed by atoms with Gasteiger partial charge in [0.15, 0.2) is 23.0 Å². The monoisotopic (exact) mass is 441 g/mol. The van der Waals surface area contributed by atoms with Crippen molar-refractivity contribution in [3.8, 4) is 11.5 Å². The zero-order valence-electron chi connectivity index (χ0n) is 18.9. The summed E-state index contributed by atoms with van der Waals surface area (Å²) in [6.07, 6.45) is 0.431. The number of ketones is 1. The maximum absolute atomic E-state index is 13.2. The molecule has 1 heterocycles. The van der Waals surface area contributed by atoms with Gasteiger partial charge in [-0.2, -0.15) is 0 Å². The third-order valence-corrected chi connectivity index (χ3v) is 5.51. The second-order valence-electron chi connectivity index (χ2n) is 8.73. The van der Waals surface area contributed by atoms with E-state index in [-0.39, 0.29) is 23.7 Å². The van der Waals surface area contributed by atoms with Crippen LogP contribution in [0.3, 0.4) is 0 Å². The molecule has 3 rings (SSSR count). The summed E-state index contributed by atoms with van der Waals surface area (Å²) in [5.74, 6) is -0.845. The highest BCUT2D eigenvalue weighted by atomic mass is 19.1. The van der Waals surface area contributed by atoms with E-state index in [0.29, 0.717) is 23.5 Å². The number of rotatable bonds is 7. The van der Waals surface area contributed by atoms with Gasteiger partial charge in [0.25, 0.3) is 5.91 Å². The zero-order valence-corrected chi connectivity index (χ0v) is 18.9. The SMILES string of the molecule is COc1ccc(C2C(C(=O)C(C)(C)C)=C(O)C(=O)N2CCc2ccc(F)cc2)cc1OC. The van der Waals surface area contributed by atoms with E-state index in [4.69, 9.17) is 9.47 Å². The molecule has 2 aromatic rings. The molecule has 7 heteroatoms. The Morgan fingerprint density at radius 1 is 1.06 bits per heavy atom. The van der Waals surface area contributed by atoms with Crippen LogP contribution >= 0.6 is 0 Å². The van der Waals surface area contributed by atoms with Crippen LogP contribution in [0.2, 0.25) is 0 Å². The number of benzene rings is 2. The van der Waals surface area contributed by atoms with Crippen LogP contribution in [-0.4, -0.2) is 42.5 Å². The lowest BCUT2D eigenvalue weighted by atomic mass is 9.82. The van der Waals surface area contributed by atoms with E-state index in [9.17, 15) is 19.1 Å². The van der Waals surface area contributed by atoms with Crippen LogP contribution in [0.5, 0.6) is 11.5 Å². The maximum atomic E-state index is 13.2. The molecule has 2 aromatic carbocycles. The molecular weight excluding hydrogens is 413 g/mol. The molecule has 0 fully saturated rings. The number of aliphatic hydroxyl groups is 1. The minimum Gasteiger partial charge on any atom is -0.503 e. The number of carbonyl (C=O) groups is 2. The van der Waals surface area contributed by atoms with Gasteiger partial charge in [-0.15, -0.1) is 0 Å². The lowest BCUT2D eigenvalue weighted by Gasteiger charge is -2.29. The molecule has 0 aliphatic carbocycles. The van der Waals surface area contributed by atoms with Crippen molar-refractivity contribution in [2.75, 3.05) is 20.8 Å². The highest BCUT2D eigenvalue weighted by Gasteiger charge is 2.45. The molecule has 0 bridgehead atoms. The second kappa shape index (κ2) is 9.02. The Bertz CT molecular complexity index is 1050. The number of aliphatic hydroxyl groups excluding tert-OH is 1. The van der Waals surface area contributed by atoms with E-state index in [1.807, 2.05) is 0 Å². The van der Waals surface area contributed by atoms with Crippen molar-refractivity contribution in [3.05, 3.63) is 70.7 Å². The van der Waals surface area contributed by atoms with E-state index in [1.54, 1.807) is 51.1 Å². The first-order valence-corrected chi connectivity index (χ1v) is 10.3. The molecule has 0 saturated carbocycles. The predicted octanol–water partition coefficient (Wildman–Crippen LogP) is 4.40. The molecule has 1 N–H and O–H groups in total. The van der Waals surface area contributed by atoms with Crippen LogP contribution in [0, 0.1) is 11.2 Å². The normalized spacial score (nSPS) is 16.5. The Labute approximate surface area is 187 Å². The first-order valence-electron chi connectivity index (χ1n) is 10.3. The van der Waals surface area contributed by atoms with Gasteiger partial charge in [-0.05, 0) is 41.8 Å². The van der Waals surface area contributed by atoms with E-state index in [1.165, 1.54) is 31.3 Å². The summed E-state index contributed by atoms with van der Waals surface area (Å²) >= 11 is 0. The van der Waals surface area contributed by atoms with Gasteiger partial charge >= 0.3 is 0 Å². The number of hydrogen-bond acceptors (Lipinski definition) is 5. The van der Waals surface area contributed by atoms with Crippen LogP contribution in [-0.2, 0) is 16.0 Å². The predicted molar refractivity (Wildman–Crippen MR) is 118 cm³/mol. The Hall–Kier alpha value is -3.35. The number of hydrogen-bond donors (Lipinski definition) is 1. The highest BCUT2D eigenvalue weighted by Crippen LogP contribution is 2.43. The summed E-state index contributed by atoms with van der Waals surface area (Å²) in [4.78, 5) is 27.8. The number of methoxy groups -OCH3 is 2. The first-order chi connectivity index (χ1) is 15.1. The first kappa shape index (κ1) is 23.3. The second-order valence-corrected chi connectivity index (χ2v) is 8.73. The number of amides is 1. The van der Waals surface area contributed by atoms with Crippen molar-refractivity contribution in [1.82, 2.24) is 4.90 Å². The van der Waals surface area contributed by atoms with Gasteiger partial charge in [-0.3, -0.25) is 9.59 Å². The average Bonchev–Trinajstić information content (AvgIpc) is 3.01. The molecule has 0 saturated heterocycles. The van der Waals surface area contributed by atoms with Crippen molar-refractivity contribution >= 4 is 11.7 Å². The molecule has 1 atom stereocenters. The average molecular weight is 441 g/mol. The molecule has 32 heavy (non-hydrogen) atoms. The molecule has 1 aliphatic rings. The number of halogens is 1. The zero-order chi connectivity index (χ0) is 23.6. The topological polar surface area (TPSA) is 76.1 Å². The van der Waals surface area contributed by atoms with E-state index >= 15 is 0 Å². The van der Waals surface area contributed by atoms with Crippen molar-refractivity contribution in [2.45, 2.75) is 33.2 Å². The Kier molecular flexibility index (Phi) is 6.57. The Balaban J connectivity index is 2.04. The van der Waals surface area contributed by atoms with Crippen LogP contribution < -0.4 is 9.47 Å². The largest absolute Gasteiger partial charge is 0.503 e. The fourth-order valence-corrected chi connectivity index (χ4v) is 3.79. The smallest absolute Gasteiger partial charge is 0.290 e. The van der Waals surface area contributed by atoms with E-state index in [0.717, 1.165) is 5.56 Å². The quantitative estimate of drug-likeness (QED) is 0.689. The number of nitrogens with zero attached hydrogens (tertiary/aromatic N) is 1. The van der Waals surface area contributed by atoms with Crippen molar-refractivity contribution in [2.24, 2.45) is 5.41 Å². The fourth-order valence-electron chi connectivity index (χ4n) is 3.79. The Morgan fingerprint density at radius 3 is 2.25 bits per heavy atom. The van der Waals surface area contributed by atoms with Crippen LogP contribution in [0.25, 0.3) is 0 Å². The molecule has 1 amide bonds. The lowest BCUT2D eigenvalue weighted by molar-refractivity contribution is -0.129. The molecule has 1 aliphatic heterocycles. The molecule has 0 spiro atoms. The summed E-state index contributed by atoms with van der Waals surface area (Å²) in [7, 11) is 3.02. The number of ether oxygens (including phenoxy) is 2. The molecular formula is C25H28FNO5. The standard InChI is InChI=1S/C25H28FNO5/c1-25(2,3)23(29)20-21(16-8-11-18(31-4)19(14-16)32-5)27(24(30)22(20)28)13-12-15-6-9-17(26)10-7-15/h6-11,14,21,28H,12-13H2,1-5H3.